The molecule has 156 valence electrons. The van der Waals surface area contributed by atoms with Gasteiger partial charge in [-0.25, -0.2) is 0 Å². The predicted molar refractivity (Wildman–Crippen MR) is 113 cm³/mol. The summed E-state index contributed by atoms with van der Waals surface area (Å²) in [7, 11) is 0. The highest BCUT2D eigenvalue weighted by molar-refractivity contribution is 8.00. The SMILES string of the molecule is C=CCn1c(SC(C)C(=O)Nc2ccc(OC(F)F)cc2)nnc1-c1ccccc1. The molecule has 1 unspecified atom stereocenters. The molecule has 1 aromatic heterocycles. The van der Waals surface area contributed by atoms with Gasteiger partial charge in [0, 0.05) is 17.8 Å². The molecule has 0 radical (unpaired) electrons. The number of hydrogen-bond donors (Lipinski definition) is 1. The summed E-state index contributed by atoms with van der Waals surface area (Å²) in [6.07, 6.45) is 1.74. The third-order valence-electron chi connectivity index (χ3n) is 4.06. The van der Waals surface area contributed by atoms with Gasteiger partial charge >= 0.3 is 6.61 Å². The molecular formula is C21H20F2N4O2S. The molecule has 0 saturated heterocycles. The zero-order valence-electron chi connectivity index (χ0n) is 16.2. The van der Waals surface area contributed by atoms with Gasteiger partial charge in [-0.15, -0.1) is 16.8 Å². The molecule has 2 aromatic carbocycles. The van der Waals surface area contributed by atoms with E-state index in [9.17, 15) is 13.6 Å². The number of amides is 1. The van der Waals surface area contributed by atoms with E-state index in [1.807, 2.05) is 34.9 Å². The van der Waals surface area contributed by atoms with Gasteiger partial charge in [-0.2, -0.15) is 8.78 Å². The summed E-state index contributed by atoms with van der Waals surface area (Å²) in [5.41, 5.74) is 1.40. The van der Waals surface area contributed by atoms with Crippen molar-refractivity contribution in [2.75, 3.05) is 5.32 Å². The maximum absolute atomic E-state index is 12.6. The molecule has 0 fully saturated rings. The third-order valence-corrected chi connectivity index (χ3v) is 5.14. The monoisotopic (exact) mass is 430 g/mol. The average Bonchev–Trinajstić information content (AvgIpc) is 3.12. The highest BCUT2D eigenvalue weighted by Crippen LogP contribution is 2.27. The largest absolute Gasteiger partial charge is 0.435 e. The number of allylic oxidation sites excluding steroid dienone is 1. The summed E-state index contributed by atoms with van der Waals surface area (Å²) >= 11 is 1.27. The molecule has 0 aliphatic rings. The molecule has 9 heteroatoms. The minimum atomic E-state index is -2.89. The highest BCUT2D eigenvalue weighted by atomic mass is 32.2. The summed E-state index contributed by atoms with van der Waals surface area (Å²) in [5, 5.41) is 11.4. The summed E-state index contributed by atoms with van der Waals surface area (Å²) in [6.45, 7) is 3.14. The molecule has 0 saturated carbocycles. The summed E-state index contributed by atoms with van der Waals surface area (Å²) < 4.78 is 30.7. The van der Waals surface area contributed by atoms with E-state index in [0.717, 1.165) is 5.56 Å². The quantitative estimate of drug-likeness (QED) is 0.388. The van der Waals surface area contributed by atoms with Gasteiger partial charge in [-0.05, 0) is 31.2 Å². The fourth-order valence-electron chi connectivity index (χ4n) is 2.65. The first kappa shape index (κ1) is 21.5. The van der Waals surface area contributed by atoms with Crippen LogP contribution in [-0.2, 0) is 11.3 Å². The van der Waals surface area contributed by atoms with Crippen molar-refractivity contribution in [2.24, 2.45) is 0 Å². The zero-order valence-corrected chi connectivity index (χ0v) is 17.0. The van der Waals surface area contributed by atoms with Crippen molar-refractivity contribution in [2.45, 2.75) is 30.5 Å². The second-order valence-corrected chi connectivity index (χ2v) is 7.53. The minimum absolute atomic E-state index is 0.0244. The lowest BCUT2D eigenvalue weighted by Crippen LogP contribution is -2.23. The molecule has 6 nitrogen and oxygen atoms in total. The van der Waals surface area contributed by atoms with E-state index in [-0.39, 0.29) is 11.7 Å². The molecule has 0 bridgehead atoms. The predicted octanol–water partition coefficient (Wildman–Crippen LogP) is 4.85. The van der Waals surface area contributed by atoms with Crippen LogP contribution < -0.4 is 10.1 Å². The Morgan fingerprint density at radius 2 is 1.90 bits per heavy atom. The second-order valence-electron chi connectivity index (χ2n) is 6.22. The maximum atomic E-state index is 12.6. The summed E-state index contributed by atoms with van der Waals surface area (Å²) in [5.74, 6) is 0.466. The van der Waals surface area contributed by atoms with Crippen molar-refractivity contribution in [3.05, 3.63) is 67.3 Å². The molecule has 1 N–H and O–H groups in total. The molecule has 0 spiro atoms. The number of aromatic nitrogens is 3. The molecular weight excluding hydrogens is 410 g/mol. The first-order chi connectivity index (χ1) is 14.5. The number of rotatable bonds is 9. The van der Waals surface area contributed by atoms with Gasteiger partial charge in [0.05, 0.1) is 5.25 Å². The number of carbonyl (C=O) groups is 1. The molecule has 3 aromatic rings. The van der Waals surface area contributed by atoms with Crippen LogP contribution in [0, 0.1) is 0 Å². The highest BCUT2D eigenvalue weighted by Gasteiger charge is 2.20. The lowest BCUT2D eigenvalue weighted by molar-refractivity contribution is -0.115. The minimum Gasteiger partial charge on any atom is -0.435 e. The number of benzene rings is 2. The van der Waals surface area contributed by atoms with Crippen LogP contribution in [0.25, 0.3) is 11.4 Å². The summed E-state index contributed by atoms with van der Waals surface area (Å²) in [6, 6.07) is 15.4. The Labute approximate surface area is 177 Å². The van der Waals surface area contributed by atoms with Gasteiger partial charge in [-0.1, -0.05) is 48.2 Å². The van der Waals surface area contributed by atoms with E-state index < -0.39 is 11.9 Å². The number of nitrogens with zero attached hydrogens (tertiary/aromatic N) is 3. The number of hydrogen-bond acceptors (Lipinski definition) is 5. The number of carbonyl (C=O) groups excluding carboxylic acids is 1. The molecule has 0 aliphatic heterocycles. The van der Waals surface area contributed by atoms with Gasteiger partial charge in [0.2, 0.25) is 5.91 Å². The molecule has 1 amide bonds. The molecule has 0 aliphatic carbocycles. The van der Waals surface area contributed by atoms with Crippen molar-refractivity contribution < 1.29 is 18.3 Å². The first-order valence-corrected chi connectivity index (χ1v) is 9.98. The Hall–Kier alpha value is -3.20. The van der Waals surface area contributed by atoms with Crippen LogP contribution in [0.5, 0.6) is 5.75 Å². The smallest absolute Gasteiger partial charge is 0.387 e. The average molecular weight is 430 g/mol. The van der Waals surface area contributed by atoms with E-state index in [1.165, 1.54) is 36.0 Å². The lowest BCUT2D eigenvalue weighted by atomic mass is 10.2. The van der Waals surface area contributed by atoms with E-state index in [0.29, 0.717) is 23.2 Å². The maximum Gasteiger partial charge on any atom is 0.387 e. The number of ether oxygens (including phenoxy) is 1. The Morgan fingerprint density at radius 1 is 1.20 bits per heavy atom. The first-order valence-electron chi connectivity index (χ1n) is 9.10. The lowest BCUT2D eigenvalue weighted by Gasteiger charge is -2.13. The summed E-state index contributed by atoms with van der Waals surface area (Å²) in [4.78, 5) is 12.6. The van der Waals surface area contributed by atoms with Crippen molar-refractivity contribution in [1.82, 2.24) is 14.8 Å². The zero-order chi connectivity index (χ0) is 21.5. The van der Waals surface area contributed by atoms with Crippen LogP contribution in [0.2, 0.25) is 0 Å². The van der Waals surface area contributed by atoms with Gasteiger partial charge in [0.1, 0.15) is 5.75 Å². The van der Waals surface area contributed by atoms with E-state index in [1.54, 1.807) is 13.0 Å². The number of nitrogens with one attached hydrogen (secondary N) is 1. The Balaban J connectivity index is 1.69. The topological polar surface area (TPSA) is 69.0 Å². The van der Waals surface area contributed by atoms with Gasteiger partial charge in [0.25, 0.3) is 0 Å². The van der Waals surface area contributed by atoms with Crippen LogP contribution in [0.1, 0.15) is 6.92 Å². The molecule has 1 heterocycles. The third kappa shape index (κ3) is 5.44. The fraction of sp³-hybridized carbons (Fsp3) is 0.190. The number of halogens is 2. The molecule has 3 rings (SSSR count). The molecule has 30 heavy (non-hydrogen) atoms. The van der Waals surface area contributed by atoms with Crippen LogP contribution in [0.3, 0.4) is 0 Å². The van der Waals surface area contributed by atoms with Gasteiger partial charge in [-0.3, -0.25) is 9.36 Å². The van der Waals surface area contributed by atoms with Crippen LogP contribution in [-0.4, -0.2) is 32.5 Å². The second kappa shape index (κ2) is 10.0. The Morgan fingerprint density at radius 3 is 2.53 bits per heavy atom. The van der Waals surface area contributed by atoms with Crippen LogP contribution in [0.15, 0.2) is 72.4 Å². The number of alkyl halides is 2. The van der Waals surface area contributed by atoms with Crippen molar-refractivity contribution >= 4 is 23.4 Å². The fourth-order valence-corrected chi connectivity index (χ4v) is 3.50. The van der Waals surface area contributed by atoms with Crippen LogP contribution >= 0.6 is 11.8 Å². The van der Waals surface area contributed by atoms with Crippen molar-refractivity contribution in [1.29, 1.82) is 0 Å². The van der Waals surface area contributed by atoms with Crippen molar-refractivity contribution in [3.8, 4) is 17.1 Å². The van der Waals surface area contributed by atoms with E-state index in [4.69, 9.17) is 0 Å². The van der Waals surface area contributed by atoms with Crippen LogP contribution in [0.4, 0.5) is 14.5 Å². The normalized spacial score (nSPS) is 11.9. The number of thioether (sulfide) groups is 1. The van der Waals surface area contributed by atoms with E-state index >= 15 is 0 Å². The van der Waals surface area contributed by atoms with Gasteiger partial charge < -0.3 is 10.1 Å². The Bertz CT molecular complexity index is 994. The Kier molecular flexibility index (Phi) is 7.18. The van der Waals surface area contributed by atoms with Gasteiger partial charge in [0.15, 0.2) is 11.0 Å². The van der Waals surface area contributed by atoms with E-state index in [2.05, 4.69) is 26.8 Å². The standard InChI is InChI=1S/C21H20F2N4O2S/c1-3-13-27-18(15-7-5-4-6-8-15)25-26-21(27)30-14(2)19(28)24-16-9-11-17(12-10-16)29-20(22)23/h3-12,14,20H,1,13H2,2H3,(H,24,28). The van der Waals surface area contributed by atoms with Crippen molar-refractivity contribution in [3.63, 3.8) is 0 Å². The molecule has 1 atom stereocenters. The number of anilines is 1.